The molecule has 1 heterocycles. The van der Waals surface area contributed by atoms with Gasteiger partial charge in [0.2, 0.25) is 10.0 Å². The van der Waals surface area contributed by atoms with E-state index in [0.29, 0.717) is 12.1 Å². The number of hydrogen-bond acceptors (Lipinski definition) is 5. The average Bonchev–Trinajstić information content (AvgIpc) is 2.90. The Hall–Kier alpha value is -1.77. The first-order valence-corrected chi connectivity index (χ1v) is 8.78. The van der Waals surface area contributed by atoms with Crippen LogP contribution in [0.15, 0.2) is 35.4 Å². The second kappa shape index (κ2) is 6.55. The molecule has 0 aliphatic rings. The van der Waals surface area contributed by atoms with E-state index in [1.54, 1.807) is 6.20 Å². The number of aromatic nitrogens is 1. The van der Waals surface area contributed by atoms with Crippen LogP contribution in [0.5, 0.6) is 0 Å². The molecule has 1 aromatic carbocycles. The lowest BCUT2D eigenvalue weighted by atomic mass is 10.2. The largest absolute Gasteiger partial charge is 0.346 e. The van der Waals surface area contributed by atoms with Gasteiger partial charge in [-0.25, -0.2) is 17.7 Å². The summed E-state index contributed by atoms with van der Waals surface area (Å²) in [6.07, 6.45) is 1.76. The number of aryl methyl sites for hydroxylation is 1. The van der Waals surface area contributed by atoms with Gasteiger partial charge in [-0.05, 0) is 31.2 Å². The van der Waals surface area contributed by atoms with Gasteiger partial charge in [0.1, 0.15) is 5.01 Å². The minimum Gasteiger partial charge on any atom is -0.346 e. The number of carbonyl (C=O) groups is 1. The number of rotatable bonds is 5. The molecule has 0 atom stereocenters. The number of thiazole rings is 1. The molecular weight excluding hydrogens is 322 g/mol. The van der Waals surface area contributed by atoms with Crippen LogP contribution in [-0.2, 0) is 16.6 Å². The van der Waals surface area contributed by atoms with Gasteiger partial charge in [-0.15, -0.1) is 11.3 Å². The van der Waals surface area contributed by atoms with Gasteiger partial charge in [0, 0.05) is 30.7 Å². The molecule has 2 rings (SSSR count). The Bertz CT molecular complexity index is 765. The van der Waals surface area contributed by atoms with Crippen molar-refractivity contribution in [2.45, 2.75) is 18.4 Å². The maximum absolute atomic E-state index is 12.0. The average molecular weight is 339 g/mol. The fourth-order valence-electron chi connectivity index (χ4n) is 1.73. The maximum Gasteiger partial charge on any atom is 0.251 e. The Balaban J connectivity index is 2.05. The Labute approximate surface area is 133 Å². The molecule has 0 radical (unpaired) electrons. The third-order valence-corrected chi connectivity index (χ3v) is 5.71. The van der Waals surface area contributed by atoms with Crippen LogP contribution in [0.2, 0.25) is 0 Å². The molecule has 0 saturated heterocycles. The lowest BCUT2D eigenvalue weighted by Gasteiger charge is -2.11. The molecule has 0 saturated carbocycles. The third-order valence-electron chi connectivity index (χ3n) is 2.96. The highest BCUT2D eigenvalue weighted by Crippen LogP contribution is 2.14. The molecule has 1 aromatic heterocycles. The predicted octanol–water partition coefficient (Wildman–Crippen LogP) is 1.63. The predicted molar refractivity (Wildman–Crippen MR) is 85.3 cm³/mol. The molecule has 0 fully saturated rings. The van der Waals surface area contributed by atoms with E-state index in [1.807, 2.05) is 6.92 Å². The number of carbonyl (C=O) groups excluding carboxylic acids is 1. The summed E-state index contributed by atoms with van der Waals surface area (Å²) in [5.41, 5.74) is 0.408. The molecule has 6 nitrogen and oxygen atoms in total. The standard InChI is InChI=1S/C14H17N3O3S2/c1-10-8-15-13(21-10)9-16-14(18)11-4-6-12(7-5-11)22(19,20)17(2)3/h4-8H,9H2,1-3H3,(H,16,18). The smallest absolute Gasteiger partial charge is 0.251 e. The quantitative estimate of drug-likeness (QED) is 0.898. The van der Waals surface area contributed by atoms with Crippen LogP contribution < -0.4 is 5.32 Å². The first-order chi connectivity index (χ1) is 10.3. The van der Waals surface area contributed by atoms with Crippen molar-refractivity contribution in [3.05, 3.63) is 45.9 Å². The molecular formula is C14H17N3O3S2. The van der Waals surface area contributed by atoms with E-state index in [-0.39, 0.29) is 10.8 Å². The molecule has 118 valence electrons. The highest BCUT2D eigenvalue weighted by molar-refractivity contribution is 7.89. The lowest BCUT2D eigenvalue weighted by molar-refractivity contribution is 0.0951. The minimum absolute atomic E-state index is 0.157. The second-order valence-electron chi connectivity index (χ2n) is 4.86. The van der Waals surface area contributed by atoms with Gasteiger partial charge in [0.15, 0.2) is 0 Å². The van der Waals surface area contributed by atoms with E-state index in [0.717, 1.165) is 14.2 Å². The lowest BCUT2D eigenvalue weighted by Crippen LogP contribution is -2.24. The SMILES string of the molecule is Cc1cnc(CNC(=O)c2ccc(S(=O)(=O)N(C)C)cc2)s1. The molecule has 2 aromatic rings. The highest BCUT2D eigenvalue weighted by Gasteiger charge is 2.17. The molecule has 0 aliphatic carbocycles. The summed E-state index contributed by atoms with van der Waals surface area (Å²) in [5, 5.41) is 3.59. The van der Waals surface area contributed by atoms with Crippen molar-refractivity contribution in [1.82, 2.24) is 14.6 Å². The van der Waals surface area contributed by atoms with Crippen molar-refractivity contribution >= 4 is 27.3 Å². The Morgan fingerprint density at radius 3 is 2.41 bits per heavy atom. The van der Waals surface area contributed by atoms with E-state index in [4.69, 9.17) is 0 Å². The zero-order chi connectivity index (χ0) is 16.3. The Morgan fingerprint density at radius 2 is 1.91 bits per heavy atom. The molecule has 0 bridgehead atoms. The van der Waals surface area contributed by atoms with Crippen LogP contribution in [0.3, 0.4) is 0 Å². The van der Waals surface area contributed by atoms with E-state index >= 15 is 0 Å². The van der Waals surface area contributed by atoms with Crippen LogP contribution in [0.4, 0.5) is 0 Å². The van der Waals surface area contributed by atoms with Crippen LogP contribution in [0, 0.1) is 6.92 Å². The number of nitrogens with one attached hydrogen (secondary N) is 1. The number of nitrogens with zero attached hydrogens (tertiary/aromatic N) is 2. The molecule has 22 heavy (non-hydrogen) atoms. The number of amides is 1. The molecule has 8 heteroatoms. The first-order valence-electron chi connectivity index (χ1n) is 6.53. The van der Waals surface area contributed by atoms with E-state index in [1.165, 1.54) is 49.7 Å². The molecule has 0 unspecified atom stereocenters. The number of hydrogen-bond donors (Lipinski definition) is 1. The fourth-order valence-corrected chi connectivity index (χ4v) is 3.36. The van der Waals surface area contributed by atoms with Crippen molar-refractivity contribution in [3.8, 4) is 0 Å². The fraction of sp³-hybridized carbons (Fsp3) is 0.286. The highest BCUT2D eigenvalue weighted by atomic mass is 32.2. The second-order valence-corrected chi connectivity index (χ2v) is 8.33. The topological polar surface area (TPSA) is 79.4 Å². The van der Waals surface area contributed by atoms with Crippen LogP contribution in [0.1, 0.15) is 20.2 Å². The summed E-state index contributed by atoms with van der Waals surface area (Å²) < 4.78 is 25.0. The summed E-state index contributed by atoms with van der Waals surface area (Å²) in [4.78, 5) is 17.4. The van der Waals surface area contributed by atoms with E-state index in [2.05, 4.69) is 10.3 Å². The van der Waals surface area contributed by atoms with Crippen molar-refractivity contribution in [2.24, 2.45) is 0 Å². The van der Waals surface area contributed by atoms with Gasteiger partial charge in [0.25, 0.3) is 5.91 Å². The number of sulfonamides is 1. The third kappa shape index (κ3) is 3.70. The van der Waals surface area contributed by atoms with Crippen molar-refractivity contribution < 1.29 is 13.2 Å². The zero-order valence-electron chi connectivity index (χ0n) is 12.5. The molecule has 0 aliphatic heterocycles. The van der Waals surface area contributed by atoms with Crippen molar-refractivity contribution in [2.75, 3.05) is 14.1 Å². The zero-order valence-corrected chi connectivity index (χ0v) is 14.2. The van der Waals surface area contributed by atoms with Crippen LogP contribution in [-0.4, -0.2) is 37.7 Å². The van der Waals surface area contributed by atoms with Gasteiger partial charge >= 0.3 is 0 Å². The van der Waals surface area contributed by atoms with Crippen molar-refractivity contribution in [3.63, 3.8) is 0 Å². The van der Waals surface area contributed by atoms with E-state index in [9.17, 15) is 13.2 Å². The summed E-state index contributed by atoms with van der Waals surface area (Å²) >= 11 is 1.52. The first kappa shape index (κ1) is 16.6. The monoisotopic (exact) mass is 339 g/mol. The van der Waals surface area contributed by atoms with Gasteiger partial charge in [-0.2, -0.15) is 0 Å². The normalized spacial score (nSPS) is 11.6. The molecule has 1 N–H and O–H groups in total. The van der Waals surface area contributed by atoms with Gasteiger partial charge in [-0.1, -0.05) is 0 Å². The Morgan fingerprint density at radius 1 is 1.27 bits per heavy atom. The van der Waals surface area contributed by atoms with Crippen molar-refractivity contribution in [1.29, 1.82) is 0 Å². The summed E-state index contributed by atoms with van der Waals surface area (Å²) in [7, 11) is -0.550. The van der Waals surface area contributed by atoms with Gasteiger partial charge in [0.05, 0.1) is 11.4 Å². The maximum atomic E-state index is 12.0. The summed E-state index contributed by atoms with van der Waals surface area (Å²) in [6.45, 7) is 2.31. The van der Waals surface area contributed by atoms with Gasteiger partial charge < -0.3 is 5.32 Å². The summed E-state index contributed by atoms with van der Waals surface area (Å²) in [5.74, 6) is -0.262. The number of benzene rings is 1. The van der Waals surface area contributed by atoms with E-state index < -0.39 is 10.0 Å². The molecule has 0 spiro atoms. The molecule has 1 amide bonds. The summed E-state index contributed by atoms with van der Waals surface area (Å²) in [6, 6.07) is 5.85. The minimum atomic E-state index is -3.48. The van der Waals surface area contributed by atoms with Crippen LogP contribution >= 0.6 is 11.3 Å². The Kier molecular flexibility index (Phi) is 4.94. The van der Waals surface area contributed by atoms with Crippen LogP contribution in [0.25, 0.3) is 0 Å². The van der Waals surface area contributed by atoms with Gasteiger partial charge in [-0.3, -0.25) is 4.79 Å².